The van der Waals surface area contributed by atoms with E-state index in [2.05, 4.69) is 5.32 Å². The molecule has 0 spiro atoms. The number of aliphatic hydroxyl groups is 2. The van der Waals surface area contributed by atoms with Gasteiger partial charge in [0, 0.05) is 25.0 Å². The Labute approximate surface area is 108 Å². The number of amides is 1. The average Bonchev–Trinajstić information content (AvgIpc) is 2.44. The zero-order valence-corrected chi connectivity index (χ0v) is 11.2. The summed E-state index contributed by atoms with van der Waals surface area (Å²) in [4.78, 5) is 13.8. The van der Waals surface area contributed by atoms with Crippen LogP contribution in [0.5, 0.6) is 0 Å². The van der Waals surface area contributed by atoms with E-state index in [0.717, 1.165) is 0 Å². The Hall–Kier alpha value is -0.690. The first-order valence-corrected chi connectivity index (χ1v) is 6.34. The van der Waals surface area contributed by atoms with Gasteiger partial charge in [0.05, 0.1) is 32.5 Å². The average molecular weight is 260 g/mol. The molecule has 1 unspecified atom stereocenters. The third-order valence-electron chi connectivity index (χ3n) is 3.29. The van der Waals surface area contributed by atoms with E-state index >= 15 is 0 Å². The number of ether oxygens (including phenoxy) is 1. The third kappa shape index (κ3) is 4.20. The number of hydrogen-bond acceptors (Lipinski definition) is 5. The van der Waals surface area contributed by atoms with Crippen LogP contribution in [-0.4, -0.2) is 73.1 Å². The fraction of sp³-hybridized carbons (Fsp3) is 0.917. The first kappa shape index (κ1) is 15.4. The molecule has 3 N–H and O–H groups in total. The molecule has 0 aliphatic carbocycles. The molecule has 1 aliphatic heterocycles. The quantitative estimate of drug-likeness (QED) is 0.560. The van der Waals surface area contributed by atoms with Gasteiger partial charge in [0.2, 0.25) is 5.91 Å². The summed E-state index contributed by atoms with van der Waals surface area (Å²) >= 11 is 0. The van der Waals surface area contributed by atoms with Gasteiger partial charge < -0.3 is 25.2 Å². The van der Waals surface area contributed by atoms with E-state index in [1.807, 2.05) is 0 Å². The molecule has 1 heterocycles. The number of nitrogens with zero attached hydrogens (tertiary/aromatic N) is 1. The number of nitrogens with one attached hydrogen (secondary N) is 1. The molecule has 1 atom stereocenters. The molecule has 0 saturated carbocycles. The molecule has 106 valence electrons. The van der Waals surface area contributed by atoms with Crippen LogP contribution in [0.3, 0.4) is 0 Å². The first-order chi connectivity index (χ1) is 8.52. The van der Waals surface area contributed by atoms with Gasteiger partial charge in [-0.3, -0.25) is 4.79 Å². The molecule has 0 aromatic rings. The van der Waals surface area contributed by atoms with Crippen LogP contribution in [0.15, 0.2) is 0 Å². The van der Waals surface area contributed by atoms with Gasteiger partial charge in [0.15, 0.2) is 0 Å². The predicted octanol–water partition coefficient (Wildman–Crippen LogP) is -1.19. The van der Waals surface area contributed by atoms with Crippen LogP contribution >= 0.6 is 0 Å². The molecule has 1 saturated heterocycles. The smallest absolute Gasteiger partial charge is 0.239 e. The largest absolute Gasteiger partial charge is 0.396 e. The van der Waals surface area contributed by atoms with E-state index in [9.17, 15) is 15.0 Å². The Morgan fingerprint density at radius 2 is 1.94 bits per heavy atom. The highest BCUT2D eigenvalue weighted by molar-refractivity contribution is 5.81. The van der Waals surface area contributed by atoms with Crippen LogP contribution in [0.4, 0.5) is 0 Å². The highest BCUT2D eigenvalue weighted by Gasteiger charge is 2.26. The van der Waals surface area contributed by atoms with Gasteiger partial charge in [-0.2, -0.15) is 0 Å². The zero-order valence-electron chi connectivity index (χ0n) is 11.2. The summed E-state index contributed by atoms with van der Waals surface area (Å²) in [7, 11) is 0. The van der Waals surface area contributed by atoms with Crippen molar-refractivity contribution in [3.05, 3.63) is 0 Å². The second kappa shape index (κ2) is 7.04. The lowest BCUT2D eigenvalue weighted by Crippen LogP contribution is -2.51. The number of morpholine rings is 1. The Bertz CT molecular complexity index is 263. The van der Waals surface area contributed by atoms with Gasteiger partial charge in [0.25, 0.3) is 0 Å². The summed E-state index contributed by atoms with van der Waals surface area (Å²) in [5.74, 6) is 0.0385. The Morgan fingerprint density at radius 1 is 1.39 bits per heavy atom. The van der Waals surface area contributed by atoms with Crippen molar-refractivity contribution in [1.82, 2.24) is 10.2 Å². The molecule has 1 aliphatic rings. The Balaban J connectivity index is 2.39. The summed E-state index contributed by atoms with van der Waals surface area (Å²) in [6, 6.07) is -0.319. The van der Waals surface area contributed by atoms with Gasteiger partial charge >= 0.3 is 0 Å². The lowest BCUT2D eigenvalue weighted by atomic mass is 9.93. The molecule has 0 aromatic heterocycles. The number of aliphatic hydroxyl groups excluding tert-OH is 2. The molecule has 1 amide bonds. The molecular formula is C12H24N2O4. The van der Waals surface area contributed by atoms with Crippen molar-refractivity contribution in [3.63, 3.8) is 0 Å². The summed E-state index contributed by atoms with van der Waals surface area (Å²) in [5, 5.41) is 21.4. The molecule has 0 aromatic carbocycles. The number of carbonyl (C=O) groups is 1. The maximum absolute atomic E-state index is 12.1. The van der Waals surface area contributed by atoms with Crippen molar-refractivity contribution < 1.29 is 19.7 Å². The van der Waals surface area contributed by atoms with Crippen molar-refractivity contribution in [2.75, 3.05) is 46.1 Å². The number of carbonyl (C=O) groups excluding carboxylic acids is 1. The molecule has 1 fully saturated rings. The molecule has 18 heavy (non-hydrogen) atoms. The molecule has 6 nitrogen and oxygen atoms in total. The molecule has 6 heteroatoms. The molecular weight excluding hydrogens is 236 g/mol. The van der Waals surface area contributed by atoms with E-state index in [0.29, 0.717) is 32.8 Å². The van der Waals surface area contributed by atoms with E-state index in [-0.39, 0.29) is 25.2 Å². The topological polar surface area (TPSA) is 82.0 Å². The fourth-order valence-corrected chi connectivity index (χ4v) is 1.71. The summed E-state index contributed by atoms with van der Waals surface area (Å²) in [5.41, 5.74) is -0.598. The second-order valence-electron chi connectivity index (χ2n) is 5.17. The normalized spacial score (nSPS) is 18.8. The summed E-state index contributed by atoms with van der Waals surface area (Å²) < 4.78 is 5.20. The fourth-order valence-electron chi connectivity index (χ4n) is 1.71. The maximum Gasteiger partial charge on any atom is 0.239 e. The van der Waals surface area contributed by atoms with Crippen LogP contribution < -0.4 is 5.32 Å². The van der Waals surface area contributed by atoms with Crippen molar-refractivity contribution in [3.8, 4) is 0 Å². The predicted molar refractivity (Wildman–Crippen MR) is 67.1 cm³/mol. The van der Waals surface area contributed by atoms with Crippen LogP contribution in [0.2, 0.25) is 0 Å². The van der Waals surface area contributed by atoms with Crippen molar-refractivity contribution in [2.45, 2.75) is 19.9 Å². The standard InChI is InChI=1S/C12H24N2O4/c1-10(13-7-12(2,8-15)9-16)11(17)14-3-5-18-6-4-14/h10,13,15-16H,3-9H2,1-2H3. The second-order valence-corrected chi connectivity index (χ2v) is 5.17. The van der Waals surface area contributed by atoms with Gasteiger partial charge in [-0.25, -0.2) is 0 Å². The number of hydrogen-bond donors (Lipinski definition) is 3. The highest BCUT2D eigenvalue weighted by Crippen LogP contribution is 2.12. The minimum atomic E-state index is -0.598. The Morgan fingerprint density at radius 3 is 2.44 bits per heavy atom. The minimum absolute atomic E-state index is 0.0385. The van der Waals surface area contributed by atoms with Crippen LogP contribution in [0.1, 0.15) is 13.8 Å². The van der Waals surface area contributed by atoms with E-state index < -0.39 is 5.41 Å². The first-order valence-electron chi connectivity index (χ1n) is 6.34. The SMILES string of the molecule is CC(NCC(C)(CO)CO)C(=O)N1CCOCC1. The van der Waals surface area contributed by atoms with Gasteiger partial charge in [-0.15, -0.1) is 0 Å². The van der Waals surface area contributed by atoms with Crippen molar-refractivity contribution >= 4 is 5.91 Å². The van der Waals surface area contributed by atoms with Crippen LogP contribution in [-0.2, 0) is 9.53 Å². The van der Waals surface area contributed by atoms with Crippen molar-refractivity contribution in [2.24, 2.45) is 5.41 Å². The maximum atomic E-state index is 12.1. The van der Waals surface area contributed by atoms with Crippen LogP contribution in [0, 0.1) is 5.41 Å². The Kier molecular flexibility index (Phi) is 6.01. The summed E-state index contributed by atoms with van der Waals surface area (Å²) in [6.07, 6.45) is 0. The van der Waals surface area contributed by atoms with Crippen molar-refractivity contribution in [1.29, 1.82) is 0 Å². The highest BCUT2D eigenvalue weighted by atomic mass is 16.5. The lowest BCUT2D eigenvalue weighted by Gasteiger charge is -2.31. The van der Waals surface area contributed by atoms with E-state index in [4.69, 9.17) is 4.74 Å². The van der Waals surface area contributed by atoms with E-state index in [1.54, 1.807) is 18.7 Å². The zero-order chi connectivity index (χ0) is 13.6. The molecule has 0 radical (unpaired) electrons. The van der Waals surface area contributed by atoms with Gasteiger partial charge in [-0.1, -0.05) is 6.92 Å². The van der Waals surface area contributed by atoms with E-state index in [1.165, 1.54) is 0 Å². The monoisotopic (exact) mass is 260 g/mol. The number of rotatable bonds is 6. The lowest BCUT2D eigenvalue weighted by molar-refractivity contribution is -0.137. The van der Waals surface area contributed by atoms with Gasteiger partial charge in [0.1, 0.15) is 0 Å². The summed E-state index contributed by atoms with van der Waals surface area (Å²) in [6.45, 7) is 6.16. The minimum Gasteiger partial charge on any atom is -0.396 e. The van der Waals surface area contributed by atoms with Crippen LogP contribution in [0.25, 0.3) is 0 Å². The third-order valence-corrected chi connectivity index (χ3v) is 3.29. The van der Waals surface area contributed by atoms with Gasteiger partial charge in [-0.05, 0) is 6.92 Å². The molecule has 0 bridgehead atoms. The molecule has 1 rings (SSSR count).